The van der Waals surface area contributed by atoms with Crippen LogP contribution in [0.3, 0.4) is 0 Å². The van der Waals surface area contributed by atoms with Gasteiger partial charge in [-0.3, -0.25) is 4.79 Å². The predicted molar refractivity (Wildman–Crippen MR) is 103 cm³/mol. The van der Waals surface area contributed by atoms with Gasteiger partial charge in [-0.15, -0.1) is 0 Å². The third-order valence-electron chi connectivity index (χ3n) is 4.83. The second-order valence-corrected chi connectivity index (χ2v) is 8.94. The lowest BCUT2D eigenvalue weighted by atomic mass is 9.86. The largest absolute Gasteiger partial charge is 0.371 e. The van der Waals surface area contributed by atoms with Gasteiger partial charge < -0.3 is 14.8 Å². The molecule has 0 aliphatic carbocycles. The molecule has 1 saturated heterocycles. The molecule has 27 heavy (non-hydrogen) atoms. The standard InChI is InChI=1S/C18H25N5O3S/c1-21(2)17(24)18(20-15-7-5-4-6-8-15)9-11-23(12-10-18)27(25,26)16-13-22(3)14-19-16/h4-8,13-14,20H,9-12H2,1-3H3. The van der Waals surface area contributed by atoms with E-state index in [1.807, 2.05) is 30.3 Å². The molecule has 1 N–H and O–H groups in total. The molecule has 8 nitrogen and oxygen atoms in total. The molecular formula is C18H25N5O3S. The van der Waals surface area contributed by atoms with Gasteiger partial charge in [-0.1, -0.05) is 18.2 Å². The fourth-order valence-corrected chi connectivity index (χ4v) is 4.79. The molecule has 3 rings (SSSR count). The summed E-state index contributed by atoms with van der Waals surface area (Å²) >= 11 is 0. The smallest absolute Gasteiger partial charge is 0.262 e. The highest BCUT2D eigenvalue weighted by atomic mass is 32.2. The van der Waals surface area contributed by atoms with Crippen molar-refractivity contribution in [1.82, 2.24) is 18.8 Å². The van der Waals surface area contributed by atoms with Gasteiger partial charge in [0.25, 0.3) is 10.0 Å². The first kappa shape index (κ1) is 19.4. The Bertz CT molecular complexity index is 900. The number of imidazole rings is 1. The number of hydrogen-bond donors (Lipinski definition) is 1. The Morgan fingerprint density at radius 2 is 1.81 bits per heavy atom. The van der Waals surface area contributed by atoms with Crippen molar-refractivity contribution in [3.05, 3.63) is 42.9 Å². The number of hydrogen-bond acceptors (Lipinski definition) is 5. The van der Waals surface area contributed by atoms with Crippen molar-refractivity contribution in [2.45, 2.75) is 23.4 Å². The van der Waals surface area contributed by atoms with Gasteiger partial charge >= 0.3 is 0 Å². The monoisotopic (exact) mass is 391 g/mol. The highest BCUT2D eigenvalue weighted by Crippen LogP contribution is 2.31. The highest BCUT2D eigenvalue weighted by molar-refractivity contribution is 7.89. The Balaban J connectivity index is 1.82. The van der Waals surface area contributed by atoms with Crippen LogP contribution in [0.25, 0.3) is 0 Å². The minimum Gasteiger partial charge on any atom is -0.371 e. The van der Waals surface area contributed by atoms with E-state index in [1.54, 1.807) is 30.6 Å². The van der Waals surface area contributed by atoms with Crippen LogP contribution < -0.4 is 5.32 Å². The summed E-state index contributed by atoms with van der Waals surface area (Å²) in [6.45, 7) is 0.497. The van der Waals surface area contributed by atoms with Crippen molar-refractivity contribution in [2.75, 3.05) is 32.5 Å². The Morgan fingerprint density at radius 3 is 2.33 bits per heavy atom. The quantitative estimate of drug-likeness (QED) is 0.826. The van der Waals surface area contributed by atoms with E-state index < -0.39 is 15.6 Å². The Labute approximate surface area is 159 Å². The fraction of sp³-hybridized carbons (Fsp3) is 0.444. The molecule has 9 heteroatoms. The molecule has 2 aromatic rings. The van der Waals surface area contributed by atoms with Crippen LogP contribution in [0.5, 0.6) is 0 Å². The topological polar surface area (TPSA) is 87.5 Å². The highest BCUT2D eigenvalue weighted by Gasteiger charge is 2.45. The van der Waals surface area contributed by atoms with E-state index in [4.69, 9.17) is 0 Å². The molecule has 0 atom stereocenters. The molecular weight excluding hydrogens is 366 g/mol. The number of nitrogens with zero attached hydrogens (tertiary/aromatic N) is 4. The number of para-hydroxylation sites is 1. The van der Waals surface area contributed by atoms with Crippen LogP contribution in [0.1, 0.15) is 12.8 Å². The summed E-state index contributed by atoms with van der Waals surface area (Å²) in [6.07, 6.45) is 3.72. The van der Waals surface area contributed by atoms with Crippen molar-refractivity contribution in [3.8, 4) is 0 Å². The summed E-state index contributed by atoms with van der Waals surface area (Å²) in [7, 11) is 1.50. The first-order chi connectivity index (χ1) is 12.7. The molecule has 1 aromatic carbocycles. The Hall–Kier alpha value is -2.39. The molecule has 0 radical (unpaired) electrons. The zero-order chi connectivity index (χ0) is 19.7. The van der Waals surface area contributed by atoms with Gasteiger partial charge in [-0.25, -0.2) is 13.4 Å². The second kappa shape index (κ2) is 7.32. The van der Waals surface area contributed by atoms with E-state index >= 15 is 0 Å². The van der Waals surface area contributed by atoms with Crippen LogP contribution in [0.4, 0.5) is 5.69 Å². The van der Waals surface area contributed by atoms with Crippen LogP contribution >= 0.6 is 0 Å². The SMILES string of the molecule is CN(C)C(=O)C1(Nc2ccccc2)CCN(S(=O)(=O)c2cn(C)cn2)CC1. The van der Waals surface area contributed by atoms with Crippen LogP contribution in [0, 0.1) is 0 Å². The van der Waals surface area contributed by atoms with Crippen molar-refractivity contribution < 1.29 is 13.2 Å². The van der Waals surface area contributed by atoms with E-state index in [9.17, 15) is 13.2 Å². The van der Waals surface area contributed by atoms with E-state index in [0.29, 0.717) is 12.8 Å². The average Bonchev–Trinajstić information content (AvgIpc) is 3.09. The number of likely N-dealkylation sites (N-methyl/N-ethyl adjacent to an activating group) is 1. The first-order valence-corrected chi connectivity index (χ1v) is 10.2. The van der Waals surface area contributed by atoms with Gasteiger partial charge in [0.2, 0.25) is 5.91 Å². The summed E-state index contributed by atoms with van der Waals surface area (Å²) in [5.74, 6) is -0.0544. The number of anilines is 1. The number of piperidine rings is 1. The number of sulfonamides is 1. The molecule has 1 amide bonds. The number of carbonyl (C=O) groups is 1. The molecule has 1 aromatic heterocycles. The molecule has 1 aliphatic rings. The first-order valence-electron chi connectivity index (χ1n) is 8.78. The molecule has 0 bridgehead atoms. The number of aromatic nitrogens is 2. The lowest BCUT2D eigenvalue weighted by molar-refractivity contribution is -0.134. The normalized spacial score (nSPS) is 17.4. The van der Waals surface area contributed by atoms with Crippen LogP contribution in [-0.2, 0) is 21.9 Å². The van der Waals surface area contributed by atoms with Gasteiger partial charge in [-0.05, 0) is 25.0 Å². The molecule has 0 unspecified atom stereocenters. The summed E-state index contributed by atoms with van der Waals surface area (Å²) in [5.41, 5.74) is 0.00907. The average molecular weight is 391 g/mol. The molecule has 1 aliphatic heterocycles. The second-order valence-electron chi connectivity index (χ2n) is 7.05. The Morgan fingerprint density at radius 1 is 1.19 bits per heavy atom. The minimum absolute atomic E-state index is 0.0347. The summed E-state index contributed by atoms with van der Waals surface area (Å²) < 4.78 is 28.6. The fourth-order valence-electron chi connectivity index (χ4n) is 3.38. The maximum absolute atomic E-state index is 12.9. The zero-order valence-electron chi connectivity index (χ0n) is 15.8. The predicted octanol–water partition coefficient (Wildman–Crippen LogP) is 1.14. The van der Waals surface area contributed by atoms with Gasteiger partial charge in [0.15, 0.2) is 5.03 Å². The lowest BCUT2D eigenvalue weighted by Crippen LogP contribution is -2.58. The van der Waals surface area contributed by atoms with E-state index in [-0.39, 0.29) is 24.0 Å². The van der Waals surface area contributed by atoms with Crippen molar-refractivity contribution in [1.29, 1.82) is 0 Å². The summed E-state index contributed by atoms with van der Waals surface area (Å²) in [5, 5.41) is 3.39. The van der Waals surface area contributed by atoms with Crippen LogP contribution in [0.15, 0.2) is 47.9 Å². The summed E-state index contributed by atoms with van der Waals surface area (Å²) in [4.78, 5) is 18.5. The van der Waals surface area contributed by atoms with Gasteiger partial charge in [-0.2, -0.15) is 4.31 Å². The number of amides is 1. The van der Waals surface area contributed by atoms with Gasteiger partial charge in [0.1, 0.15) is 5.54 Å². The molecule has 146 valence electrons. The van der Waals surface area contributed by atoms with E-state index in [1.165, 1.54) is 16.8 Å². The molecule has 1 fully saturated rings. The number of rotatable bonds is 5. The molecule has 2 heterocycles. The van der Waals surface area contributed by atoms with E-state index in [0.717, 1.165) is 5.69 Å². The van der Waals surface area contributed by atoms with Gasteiger partial charge in [0, 0.05) is 46.1 Å². The van der Waals surface area contributed by atoms with Crippen molar-refractivity contribution in [2.24, 2.45) is 7.05 Å². The van der Waals surface area contributed by atoms with Gasteiger partial charge in [0.05, 0.1) is 6.33 Å². The number of benzene rings is 1. The Kier molecular flexibility index (Phi) is 5.25. The summed E-state index contributed by atoms with van der Waals surface area (Å²) in [6, 6.07) is 9.52. The van der Waals surface area contributed by atoms with Crippen molar-refractivity contribution >= 4 is 21.6 Å². The number of nitrogens with one attached hydrogen (secondary N) is 1. The zero-order valence-corrected chi connectivity index (χ0v) is 16.6. The third kappa shape index (κ3) is 3.84. The van der Waals surface area contributed by atoms with Crippen LogP contribution in [0.2, 0.25) is 0 Å². The third-order valence-corrected chi connectivity index (χ3v) is 6.62. The number of aryl methyl sites for hydroxylation is 1. The molecule has 0 spiro atoms. The minimum atomic E-state index is -3.66. The lowest BCUT2D eigenvalue weighted by Gasteiger charge is -2.42. The molecule has 0 saturated carbocycles. The maximum atomic E-state index is 12.9. The number of carbonyl (C=O) groups excluding carboxylic acids is 1. The maximum Gasteiger partial charge on any atom is 0.262 e. The van der Waals surface area contributed by atoms with Crippen LogP contribution in [-0.4, -0.2) is 65.8 Å². The van der Waals surface area contributed by atoms with E-state index in [2.05, 4.69) is 10.3 Å². The van der Waals surface area contributed by atoms with Crippen molar-refractivity contribution in [3.63, 3.8) is 0 Å².